The zero-order valence-corrected chi connectivity index (χ0v) is 24.1. The number of alkyl halides is 1. The van der Waals surface area contributed by atoms with Crippen LogP contribution in [0.2, 0.25) is 0 Å². The molecule has 37 heavy (non-hydrogen) atoms. The minimum atomic E-state index is -1.36. The summed E-state index contributed by atoms with van der Waals surface area (Å²) in [5.74, 6) is 4.37. The second-order valence-corrected chi connectivity index (χ2v) is 13.3. The first-order valence-corrected chi connectivity index (χ1v) is 15.8. The standard InChI is InChI=1S/C31H42FN3S2/c1-5-26-10-8-11-27(24-26)29-12-6-7-13-30(29)36-35-21-16-31(32,17-22-35)25(2)33-18-9-23-37(4)28-14-19-34(3)20-15-28/h6-13,23-24,28,33H,2,4-5,14-22H2,1,3H3/b23-9+. The lowest BCUT2D eigenvalue weighted by atomic mass is 9.91. The van der Waals surface area contributed by atoms with E-state index < -0.39 is 5.67 Å². The molecule has 0 bridgehead atoms. The van der Waals surface area contributed by atoms with Gasteiger partial charge in [-0.05, 0) is 79.5 Å². The highest BCUT2D eigenvalue weighted by Gasteiger charge is 2.37. The van der Waals surface area contributed by atoms with Crippen molar-refractivity contribution in [3.8, 4) is 11.1 Å². The van der Waals surface area contributed by atoms with Gasteiger partial charge in [-0.1, -0.05) is 67.9 Å². The summed E-state index contributed by atoms with van der Waals surface area (Å²) in [7, 11) is 2.21. The maximum absolute atomic E-state index is 15.8. The van der Waals surface area contributed by atoms with Crippen LogP contribution in [0.4, 0.5) is 4.39 Å². The second kappa shape index (κ2) is 13.3. The maximum atomic E-state index is 15.8. The molecule has 2 aliphatic rings. The quantitative estimate of drug-likeness (QED) is 0.255. The zero-order valence-electron chi connectivity index (χ0n) is 22.4. The molecule has 1 atom stereocenters. The van der Waals surface area contributed by atoms with Crippen molar-refractivity contribution in [2.24, 2.45) is 0 Å². The van der Waals surface area contributed by atoms with E-state index in [0.29, 0.717) is 43.4 Å². The first-order valence-electron chi connectivity index (χ1n) is 13.5. The molecule has 1 N–H and O–H groups in total. The van der Waals surface area contributed by atoms with Crippen molar-refractivity contribution in [2.75, 3.05) is 39.8 Å². The fraction of sp³-hybridized carbons (Fsp3) is 0.452. The van der Waals surface area contributed by atoms with Crippen LogP contribution in [0.15, 0.2) is 77.2 Å². The van der Waals surface area contributed by atoms with E-state index in [-0.39, 0.29) is 10.5 Å². The molecule has 0 amide bonds. The van der Waals surface area contributed by atoms with Gasteiger partial charge in [0.2, 0.25) is 0 Å². The molecule has 2 aliphatic heterocycles. The summed E-state index contributed by atoms with van der Waals surface area (Å²) in [4.78, 5) is 3.61. The lowest BCUT2D eigenvalue weighted by molar-refractivity contribution is 0.123. The summed E-state index contributed by atoms with van der Waals surface area (Å²) in [6, 6.07) is 17.3. The number of piperidine rings is 2. The molecule has 0 aliphatic carbocycles. The normalized spacial score (nSPS) is 20.2. The van der Waals surface area contributed by atoms with E-state index in [1.54, 1.807) is 11.9 Å². The number of hydrogen-bond donors (Lipinski definition) is 1. The van der Waals surface area contributed by atoms with Gasteiger partial charge in [0, 0.05) is 48.3 Å². The Hall–Kier alpha value is -1.86. The van der Waals surface area contributed by atoms with Gasteiger partial charge in [-0.2, -0.15) is 10.5 Å². The monoisotopic (exact) mass is 539 g/mol. The predicted molar refractivity (Wildman–Crippen MR) is 163 cm³/mol. The van der Waals surface area contributed by atoms with Crippen molar-refractivity contribution in [1.29, 1.82) is 0 Å². The Morgan fingerprint density at radius 2 is 1.86 bits per heavy atom. The molecule has 4 rings (SSSR count). The number of hydrogen-bond acceptors (Lipinski definition) is 4. The number of nitrogens with one attached hydrogen (secondary N) is 1. The minimum Gasteiger partial charge on any atom is -0.383 e. The second-order valence-electron chi connectivity index (χ2n) is 10.2. The van der Waals surface area contributed by atoms with Crippen LogP contribution in [0.1, 0.15) is 38.2 Å². The molecule has 3 nitrogen and oxygen atoms in total. The third kappa shape index (κ3) is 7.60. The molecular weight excluding hydrogens is 497 g/mol. The highest BCUT2D eigenvalue weighted by Crippen LogP contribution is 2.39. The van der Waals surface area contributed by atoms with E-state index in [9.17, 15) is 0 Å². The van der Waals surface area contributed by atoms with E-state index in [1.165, 1.54) is 34.4 Å². The van der Waals surface area contributed by atoms with Gasteiger partial charge in [0.25, 0.3) is 0 Å². The van der Waals surface area contributed by atoms with Gasteiger partial charge >= 0.3 is 0 Å². The van der Waals surface area contributed by atoms with Crippen molar-refractivity contribution >= 4 is 28.3 Å². The molecule has 1 unspecified atom stereocenters. The third-order valence-electron chi connectivity index (χ3n) is 7.61. The molecular formula is C31H42FN3S2. The van der Waals surface area contributed by atoms with Crippen molar-refractivity contribution in [2.45, 2.75) is 54.8 Å². The predicted octanol–water partition coefficient (Wildman–Crippen LogP) is 7.14. The van der Waals surface area contributed by atoms with Crippen LogP contribution >= 0.6 is 22.4 Å². The van der Waals surface area contributed by atoms with Gasteiger partial charge in [0.15, 0.2) is 5.67 Å². The Bertz CT molecular complexity index is 1100. The summed E-state index contributed by atoms with van der Waals surface area (Å²) < 4.78 is 18.1. The van der Waals surface area contributed by atoms with Crippen LogP contribution in [0.25, 0.3) is 11.1 Å². The van der Waals surface area contributed by atoms with Crippen molar-refractivity contribution < 1.29 is 4.39 Å². The molecule has 0 radical (unpaired) electrons. The van der Waals surface area contributed by atoms with Crippen LogP contribution in [-0.2, 0) is 6.42 Å². The average molecular weight is 540 g/mol. The SMILES string of the molecule is C=C(NC/C=C/S(=C)C1CCN(C)CC1)C1(F)CCN(Sc2ccccc2-c2cccc(CC)c2)CC1. The van der Waals surface area contributed by atoms with Crippen LogP contribution in [-0.4, -0.2) is 65.8 Å². The van der Waals surface area contributed by atoms with Crippen molar-refractivity contribution in [1.82, 2.24) is 14.5 Å². The molecule has 0 spiro atoms. The summed E-state index contributed by atoms with van der Waals surface area (Å²) in [6.45, 7) is 10.6. The van der Waals surface area contributed by atoms with E-state index in [2.05, 4.69) is 101 Å². The van der Waals surface area contributed by atoms with Gasteiger partial charge in [-0.15, -0.1) is 0 Å². The molecule has 6 heteroatoms. The number of benzene rings is 2. The van der Waals surface area contributed by atoms with E-state index in [0.717, 1.165) is 19.5 Å². The molecule has 2 aromatic rings. The Labute approximate surface area is 230 Å². The molecule has 2 heterocycles. The Kier molecular flexibility index (Phi) is 10.1. The first kappa shape index (κ1) is 28.2. The number of likely N-dealkylation sites (tertiary alicyclic amines) is 1. The van der Waals surface area contributed by atoms with Gasteiger partial charge in [-0.3, -0.25) is 0 Å². The van der Waals surface area contributed by atoms with Crippen molar-refractivity contribution in [3.05, 3.63) is 77.9 Å². The van der Waals surface area contributed by atoms with Gasteiger partial charge < -0.3 is 10.2 Å². The molecule has 0 aromatic heterocycles. The topological polar surface area (TPSA) is 18.5 Å². The van der Waals surface area contributed by atoms with Gasteiger partial charge in [0.1, 0.15) is 0 Å². The van der Waals surface area contributed by atoms with Crippen molar-refractivity contribution in [3.63, 3.8) is 0 Å². The highest BCUT2D eigenvalue weighted by molar-refractivity contribution is 8.17. The maximum Gasteiger partial charge on any atom is 0.152 e. The molecule has 0 saturated carbocycles. The Morgan fingerprint density at radius 1 is 1.14 bits per heavy atom. The highest BCUT2D eigenvalue weighted by atomic mass is 32.2. The molecule has 2 aromatic carbocycles. The van der Waals surface area contributed by atoms with E-state index in [1.807, 2.05) is 0 Å². The summed E-state index contributed by atoms with van der Waals surface area (Å²) in [6.07, 6.45) is 6.47. The summed E-state index contributed by atoms with van der Waals surface area (Å²) in [5, 5.41) is 6.14. The molecule has 2 fully saturated rings. The fourth-order valence-corrected chi connectivity index (χ4v) is 7.48. The molecule has 2 saturated heterocycles. The van der Waals surface area contributed by atoms with Crippen LogP contribution in [0.5, 0.6) is 0 Å². The van der Waals surface area contributed by atoms with Crippen LogP contribution in [0, 0.1) is 0 Å². The first-order chi connectivity index (χ1) is 17.9. The fourth-order valence-electron chi connectivity index (χ4n) is 5.03. The van der Waals surface area contributed by atoms with Gasteiger partial charge in [-0.25, -0.2) is 8.70 Å². The number of allylic oxidation sites excluding steroid dienone is 1. The van der Waals surface area contributed by atoms with E-state index >= 15 is 4.39 Å². The Morgan fingerprint density at radius 3 is 2.59 bits per heavy atom. The number of rotatable bonds is 10. The largest absolute Gasteiger partial charge is 0.383 e. The van der Waals surface area contributed by atoms with Crippen LogP contribution in [0.3, 0.4) is 0 Å². The lowest BCUT2D eigenvalue weighted by Gasteiger charge is -2.37. The van der Waals surface area contributed by atoms with Gasteiger partial charge in [0.05, 0.1) is 0 Å². The third-order valence-corrected chi connectivity index (χ3v) is 10.7. The number of halogens is 1. The summed E-state index contributed by atoms with van der Waals surface area (Å²) >= 11 is 1.75. The van der Waals surface area contributed by atoms with Crippen LogP contribution < -0.4 is 5.32 Å². The number of nitrogens with zero attached hydrogens (tertiary/aromatic N) is 2. The zero-order chi connectivity index (χ0) is 26.3. The Balaban J connectivity index is 1.26. The average Bonchev–Trinajstić information content (AvgIpc) is 2.93. The smallest absolute Gasteiger partial charge is 0.152 e. The minimum absolute atomic E-state index is 0.0263. The summed E-state index contributed by atoms with van der Waals surface area (Å²) in [5.41, 5.74) is 2.97. The van der Waals surface area contributed by atoms with E-state index in [4.69, 9.17) is 0 Å². The molecule has 200 valence electrons. The lowest BCUT2D eigenvalue weighted by Crippen LogP contribution is -2.43. The number of aryl methyl sites for hydroxylation is 1.